The summed E-state index contributed by atoms with van der Waals surface area (Å²) < 4.78 is 0. The first kappa shape index (κ1) is 20.9. The Morgan fingerprint density at radius 3 is 2.09 bits per heavy atom. The summed E-state index contributed by atoms with van der Waals surface area (Å²) in [5.41, 5.74) is 4.29. The van der Waals surface area contributed by atoms with Gasteiger partial charge in [0, 0.05) is 13.1 Å². The average Bonchev–Trinajstić information content (AvgIpc) is 3.37. The van der Waals surface area contributed by atoms with Crippen LogP contribution in [0.4, 0.5) is 5.69 Å². The van der Waals surface area contributed by atoms with Crippen LogP contribution in [0.2, 0.25) is 0 Å². The standard InChI is InChI=1S/C24H23N5O4/c1-15-21(30)29(17-10-6-3-7-11-17)26-20(25-15)24(33)27-13-18-19(14-27)23(32)28(22(18)31)12-16-8-4-2-5-9-16/h2-11,15,18-19H,12-14H2,1H3,(H,25,26)/t15?,18-,19+. The Morgan fingerprint density at radius 1 is 0.909 bits per heavy atom. The molecule has 3 aliphatic rings. The van der Waals surface area contributed by atoms with Gasteiger partial charge in [-0.3, -0.25) is 29.5 Å². The van der Waals surface area contributed by atoms with Crippen molar-refractivity contribution < 1.29 is 19.2 Å². The smallest absolute Gasteiger partial charge is 0.290 e. The van der Waals surface area contributed by atoms with Crippen LogP contribution in [-0.4, -0.2) is 58.4 Å². The van der Waals surface area contributed by atoms with Crippen LogP contribution < -0.4 is 10.4 Å². The number of fused-ring (bicyclic) bond motifs is 1. The molecular formula is C24H23N5O4. The van der Waals surface area contributed by atoms with Gasteiger partial charge in [0.15, 0.2) is 0 Å². The highest BCUT2D eigenvalue weighted by Crippen LogP contribution is 2.34. The second kappa shape index (κ2) is 8.16. The molecule has 2 aromatic carbocycles. The van der Waals surface area contributed by atoms with Gasteiger partial charge in [-0.25, -0.2) is 10.0 Å². The molecule has 4 amide bonds. The van der Waals surface area contributed by atoms with Crippen molar-refractivity contribution >= 4 is 35.2 Å². The number of amidine groups is 1. The summed E-state index contributed by atoms with van der Waals surface area (Å²) in [6, 6.07) is 17.5. The maximum atomic E-state index is 13.2. The molecule has 9 nitrogen and oxygen atoms in total. The van der Waals surface area contributed by atoms with Crippen molar-refractivity contribution in [2.24, 2.45) is 16.8 Å². The van der Waals surface area contributed by atoms with E-state index < -0.39 is 23.8 Å². The monoisotopic (exact) mass is 445 g/mol. The number of carbonyl (C=O) groups is 4. The maximum absolute atomic E-state index is 13.2. The van der Waals surface area contributed by atoms with Gasteiger partial charge in [0.1, 0.15) is 6.04 Å². The van der Waals surface area contributed by atoms with E-state index in [1.165, 1.54) is 14.8 Å². The number of hydrogen-bond donors (Lipinski definition) is 1. The molecule has 9 heteroatoms. The fourth-order valence-corrected chi connectivity index (χ4v) is 4.55. The third-order valence-electron chi connectivity index (χ3n) is 6.29. The summed E-state index contributed by atoms with van der Waals surface area (Å²) in [5, 5.41) is 1.31. The van der Waals surface area contributed by atoms with Gasteiger partial charge in [-0.1, -0.05) is 48.5 Å². The Balaban J connectivity index is 1.30. The van der Waals surface area contributed by atoms with Crippen LogP contribution in [0.3, 0.4) is 0 Å². The molecule has 2 aromatic rings. The minimum absolute atomic E-state index is 0.0203. The van der Waals surface area contributed by atoms with Crippen LogP contribution in [0.25, 0.3) is 0 Å². The number of aliphatic imine (C=N–C) groups is 1. The number of amides is 4. The molecule has 2 fully saturated rings. The highest BCUT2D eigenvalue weighted by molar-refractivity contribution is 6.39. The molecule has 1 N–H and O–H groups in total. The van der Waals surface area contributed by atoms with E-state index in [1.807, 2.05) is 36.4 Å². The highest BCUT2D eigenvalue weighted by Gasteiger charge is 2.53. The Morgan fingerprint density at radius 2 is 1.48 bits per heavy atom. The molecule has 2 saturated heterocycles. The number of rotatable bonds is 4. The molecule has 1 unspecified atom stereocenters. The van der Waals surface area contributed by atoms with E-state index in [0.29, 0.717) is 5.69 Å². The van der Waals surface area contributed by atoms with Crippen LogP contribution in [0.15, 0.2) is 65.7 Å². The molecule has 3 aliphatic heterocycles. The molecule has 3 heterocycles. The predicted molar refractivity (Wildman–Crippen MR) is 120 cm³/mol. The Hall–Kier alpha value is -4.01. The van der Waals surface area contributed by atoms with Crippen molar-refractivity contribution in [3.8, 4) is 0 Å². The number of anilines is 1. The van der Waals surface area contributed by atoms with Crippen molar-refractivity contribution in [2.75, 3.05) is 18.1 Å². The van der Waals surface area contributed by atoms with Gasteiger partial charge in [-0.15, -0.1) is 0 Å². The highest BCUT2D eigenvalue weighted by atomic mass is 16.2. The summed E-state index contributed by atoms with van der Waals surface area (Å²) in [4.78, 5) is 58.7. The minimum Gasteiger partial charge on any atom is -0.334 e. The van der Waals surface area contributed by atoms with Crippen molar-refractivity contribution in [3.05, 3.63) is 66.2 Å². The Bertz CT molecular complexity index is 1130. The van der Waals surface area contributed by atoms with E-state index in [4.69, 9.17) is 0 Å². The quantitative estimate of drug-likeness (QED) is 0.707. The molecule has 33 heavy (non-hydrogen) atoms. The zero-order chi connectivity index (χ0) is 23.1. The number of likely N-dealkylation sites (tertiary alicyclic amines) is 2. The molecule has 0 aliphatic carbocycles. The lowest BCUT2D eigenvalue weighted by Crippen LogP contribution is -2.58. The van der Waals surface area contributed by atoms with Crippen molar-refractivity contribution in [1.29, 1.82) is 0 Å². The van der Waals surface area contributed by atoms with E-state index in [0.717, 1.165) is 5.56 Å². The fourth-order valence-electron chi connectivity index (χ4n) is 4.55. The molecule has 168 valence electrons. The van der Waals surface area contributed by atoms with E-state index >= 15 is 0 Å². The molecule has 0 spiro atoms. The van der Waals surface area contributed by atoms with Gasteiger partial charge in [-0.2, -0.15) is 0 Å². The molecule has 0 aromatic heterocycles. The average molecular weight is 445 g/mol. The molecule has 3 atom stereocenters. The first-order chi connectivity index (χ1) is 15.9. The van der Waals surface area contributed by atoms with Gasteiger partial charge < -0.3 is 4.90 Å². The SMILES string of the molecule is CC1N=C(C(=O)N2C[C@@H]3C(=O)N(Cc4ccccc4)C(=O)[C@@H]3C2)NN(c2ccccc2)C1=O. The molecular weight excluding hydrogens is 422 g/mol. The van der Waals surface area contributed by atoms with Gasteiger partial charge in [-0.05, 0) is 24.6 Å². The zero-order valence-corrected chi connectivity index (χ0v) is 18.0. The van der Waals surface area contributed by atoms with Crippen LogP contribution in [0.1, 0.15) is 12.5 Å². The lowest BCUT2D eigenvalue weighted by molar-refractivity contribution is -0.141. The molecule has 0 bridgehead atoms. The summed E-state index contributed by atoms with van der Waals surface area (Å²) in [6.45, 7) is 2.15. The lowest BCUT2D eigenvalue weighted by Gasteiger charge is -2.32. The number of imide groups is 1. The van der Waals surface area contributed by atoms with E-state index in [-0.39, 0.29) is 43.2 Å². The number of nitrogens with zero attached hydrogens (tertiary/aromatic N) is 4. The van der Waals surface area contributed by atoms with Crippen molar-refractivity contribution in [3.63, 3.8) is 0 Å². The number of hydrogen-bond acceptors (Lipinski definition) is 6. The third kappa shape index (κ3) is 3.65. The summed E-state index contributed by atoms with van der Waals surface area (Å²) in [5.74, 6) is -2.31. The largest absolute Gasteiger partial charge is 0.334 e. The summed E-state index contributed by atoms with van der Waals surface area (Å²) >= 11 is 0. The summed E-state index contributed by atoms with van der Waals surface area (Å²) in [6.07, 6.45) is 0. The molecule has 0 saturated carbocycles. The van der Waals surface area contributed by atoms with Gasteiger partial charge in [0.2, 0.25) is 17.6 Å². The van der Waals surface area contributed by atoms with Crippen LogP contribution >= 0.6 is 0 Å². The minimum atomic E-state index is -0.739. The second-order valence-corrected chi connectivity index (χ2v) is 8.45. The van der Waals surface area contributed by atoms with Crippen molar-refractivity contribution in [2.45, 2.75) is 19.5 Å². The van der Waals surface area contributed by atoms with Gasteiger partial charge >= 0.3 is 0 Å². The maximum Gasteiger partial charge on any atom is 0.290 e. The normalized spacial score (nSPS) is 24.6. The molecule has 0 radical (unpaired) electrons. The van der Waals surface area contributed by atoms with E-state index in [9.17, 15) is 19.2 Å². The number of nitrogens with one attached hydrogen (secondary N) is 1. The summed E-state index contributed by atoms with van der Waals surface area (Å²) in [7, 11) is 0. The number of benzene rings is 2. The Kier molecular flexibility index (Phi) is 5.16. The van der Waals surface area contributed by atoms with Crippen LogP contribution in [0.5, 0.6) is 0 Å². The Labute approximate surface area is 190 Å². The van der Waals surface area contributed by atoms with Gasteiger partial charge in [0.25, 0.3) is 11.8 Å². The predicted octanol–water partition coefficient (Wildman–Crippen LogP) is 0.968. The number of carbonyl (C=O) groups excluding carboxylic acids is 4. The second-order valence-electron chi connectivity index (χ2n) is 8.45. The van der Waals surface area contributed by atoms with Crippen molar-refractivity contribution in [1.82, 2.24) is 15.2 Å². The van der Waals surface area contributed by atoms with Crippen LogP contribution in [0, 0.1) is 11.8 Å². The first-order valence-corrected chi connectivity index (χ1v) is 10.9. The topological polar surface area (TPSA) is 102 Å². The number of para-hydroxylation sites is 1. The first-order valence-electron chi connectivity index (χ1n) is 10.9. The van der Waals surface area contributed by atoms with E-state index in [2.05, 4.69) is 10.4 Å². The fraction of sp³-hybridized carbons (Fsp3) is 0.292. The molecule has 5 rings (SSSR count). The number of hydrazine groups is 1. The lowest BCUT2D eigenvalue weighted by atomic mass is 10.00. The van der Waals surface area contributed by atoms with E-state index in [1.54, 1.807) is 31.2 Å². The zero-order valence-electron chi connectivity index (χ0n) is 18.0. The van der Waals surface area contributed by atoms with Gasteiger partial charge in [0.05, 0.1) is 24.1 Å². The van der Waals surface area contributed by atoms with Crippen LogP contribution in [-0.2, 0) is 25.7 Å². The third-order valence-corrected chi connectivity index (χ3v) is 6.29.